The third-order valence-electron chi connectivity index (χ3n) is 1.70. The first-order chi connectivity index (χ1) is 4.55. The summed E-state index contributed by atoms with van der Waals surface area (Å²) in [7, 11) is 2.08. The quantitative estimate of drug-likeness (QED) is 0.599. The van der Waals surface area contributed by atoms with Crippen LogP contribution in [-0.4, -0.2) is 14.4 Å². The fourth-order valence-corrected chi connectivity index (χ4v) is 1.36. The van der Waals surface area contributed by atoms with Crippen molar-refractivity contribution in [1.29, 1.82) is 0 Å². The monoisotopic (exact) mass is 143 g/mol. The molecule has 0 bridgehead atoms. The van der Waals surface area contributed by atoms with Gasteiger partial charge in [-0.25, -0.2) is 0 Å². The minimum Gasteiger partial charge on any atom is -0.197 e. The smallest absolute Gasteiger partial charge is 0.0652 e. The summed E-state index contributed by atoms with van der Waals surface area (Å²) < 4.78 is 0. The third kappa shape index (κ3) is 1.00. The van der Waals surface area contributed by atoms with E-state index < -0.39 is 0 Å². The van der Waals surface area contributed by atoms with E-state index in [1.165, 1.54) is 0 Å². The predicted molar refractivity (Wildman–Crippen MR) is 42.2 cm³/mol. The summed E-state index contributed by atoms with van der Waals surface area (Å²) in [6.07, 6.45) is 0. The molecule has 1 aromatic heterocycles. The second-order valence-electron chi connectivity index (χ2n) is 3.32. The molecule has 10 heavy (non-hydrogen) atoms. The van der Waals surface area contributed by atoms with Crippen molar-refractivity contribution in [2.24, 2.45) is 7.05 Å². The van der Waals surface area contributed by atoms with Crippen molar-refractivity contribution in [2.75, 3.05) is 0 Å². The van der Waals surface area contributed by atoms with Crippen LogP contribution in [0.15, 0.2) is 0 Å². The number of hydrogen-bond acceptors (Lipinski definition) is 0. The predicted octanol–water partition coefficient (Wildman–Crippen LogP) is 1.79. The fourth-order valence-electron chi connectivity index (χ4n) is 1.36. The van der Waals surface area contributed by atoms with Gasteiger partial charge in [-0.3, -0.25) is 0 Å². The van der Waals surface area contributed by atoms with Crippen LogP contribution in [0.5, 0.6) is 0 Å². The highest BCUT2D eigenvalue weighted by atomic mass is 15.9. The number of rotatable bonds is 2. The normalized spacial score (nSPS) is 12.3. The van der Waals surface area contributed by atoms with E-state index in [1.54, 1.807) is 0 Å². The topological polar surface area (TPSA) is 14.8 Å². The molecular formula is C7H17N3. The molecule has 0 radical (unpaired) electrons. The van der Waals surface area contributed by atoms with Crippen LogP contribution in [0.25, 0.3) is 0 Å². The molecule has 1 rings (SSSR count). The highest BCUT2D eigenvalue weighted by molar-refractivity contribution is 4.62. The van der Waals surface area contributed by atoms with Crippen LogP contribution in [0, 0.1) is 0 Å². The maximum Gasteiger partial charge on any atom is 0.0652 e. The van der Waals surface area contributed by atoms with E-state index in [4.69, 9.17) is 0 Å². The highest BCUT2D eigenvalue weighted by Gasteiger charge is 2.17. The van der Waals surface area contributed by atoms with Gasteiger partial charge in [0.25, 0.3) is 0 Å². The van der Waals surface area contributed by atoms with Gasteiger partial charge in [0, 0.05) is 7.05 Å². The zero-order chi connectivity index (χ0) is 7.89. The second-order valence-corrected chi connectivity index (χ2v) is 3.32. The zero-order valence-electron chi connectivity index (χ0n) is 7.50. The molecule has 0 atom stereocenters. The molecule has 1 aromatic rings. The number of nitrogens with zero attached hydrogens (tertiary/aromatic N) is 3. The van der Waals surface area contributed by atoms with Crippen molar-refractivity contribution < 1.29 is 0 Å². The third-order valence-corrected chi connectivity index (χ3v) is 1.70. The Morgan fingerprint density at radius 3 is 1.20 bits per heavy atom. The van der Waals surface area contributed by atoms with Crippen molar-refractivity contribution in [2.45, 2.75) is 39.8 Å². The Hall–Kier alpha value is -0.600. The van der Waals surface area contributed by atoms with Crippen molar-refractivity contribution in [3.05, 3.63) is 0 Å². The molecule has 60 valence electrons. The molecule has 0 aliphatic carbocycles. The Kier molecular flexibility index (Phi) is 1.67. The first-order valence-electron chi connectivity index (χ1n) is 3.87. The standard InChI is InChI=1S/C7H17N3/c1-6(2)9-8(5)10(9)7(3)4/h6-7H,1-5H3. The van der Waals surface area contributed by atoms with E-state index in [-0.39, 0.29) is 0 Å². The summed E-state index contributed by atoms with van der Waals surface area (Å²) in [5, 5.41) is 0. The average molecular weight is 143 g/mol. The summed E-state index contributed by atoms with van der Waals surface area (Å²) in [6, 6.07) is 1.18. The Labute approximate surface area is 62.1 Å². The first kappa shape index (κ1) is 7.51. The maximum absolute atomic E-state index is 2.24. The van der Waals surface area contributed by atoms with Gasteiger partial charge in [-0.1, -0.05) is 0 Å². The van der Waals surface area contributed by atoms with E-state index in [0.717, 1.165) is 0 Å². The van der Waals surface area contributed by atoms with Crippen LogP contribution in [0.3, 0.4) is 0 Å². The maximum atomic E-state index is 2.24. The van der Waals surface area contributed by atoms with Gasteiger partial charge in [0.15, 0.2) is 0 Å². The lowest BCUT2D eigenvalue weighted by Gasteiger charge is -1.98. The number of hydrogen-bond donors (Lipinski definition) is 0. The van der Waals surface area contributed by atoms with E-state index in [1.807, 2.05) is 0 Å². The van der Waals surface area contributed by atoms with Crippen LogP contribution in [0.4, 0.5) is 0 Å². The summed E-state index contributed by atoms with van der Waals surface area (Å²) in [4.78, 5) is 6.63. The van der Waals surface area contributed by atoms with Crippen LogP contribution in [-0.2, 0) is 7.05 Å². The van der Waals surface area contributed by atoms with Crippen molar-refractivity contribution in [3.8, 4) is 0 Å². The lowest BCUT2D eigenvalue weighted by atomic mass is 10.4. The van der Waals surface area contributed by atoms with Crippen LogP contribution in [0.2, 0.25) is 0 Å². The molecule has 1 heterocycles. The molecule has 0 unspecified atom stereocenters. The lowest BCUT2D eigenvalue weighted by Crippen LogP contribution is -1.99. The molecule has 0 saturated carbocycles. The fraction of sp³-hybridized carbons (Fsp3) is 1.00. The first-order valence-corrected chi connectivity index (χ1v) is 3.87. The average Bonchev–Trinajstić information content (AvgIpc) is 2.40. The van der Waals surface area contributed by atoms with Gasteiger partial charge in [-0.15, -0.1) is 0 Å². The molecule has 0 amide bonds. The van der Waals surface area contributed by atoms with Crippen LogP contribution >= 0.6 is 0 Å². The minimum atomic E-state index is 0.590. The van der Waals surface area contributed by atoms with Crippen molar-refractivity contribution in [3.63, 3.8) is 0 Å². The van der Waals surface area contributed by atoms with Gasteiger partial charge >= 0.3 is 0 Å². The Bertz CT molecular complexity index is 180. The van der Waals surface area contributed by atoms with Gasteiger partial charge in [-0.05, 0) is 27.7 Å². The molecule has 0 N–H and O–H groups in total. The Balaban J connectivity index is 2.70. The zero-order valence-corrected chi connectivity index (χ0v) is 7.50. The molecule has 0 aromatic carbocycles. The Morgan fingerprint density at radius 1 is 0.800 bits per heavy atom. The molecular weight excluding hydrogens is 126 g/mol. The van der Waals surface area contributed by atoms with Gasteiger partial charge in [0.1, 0.15) is 0 Å². The lowest BCUT2D eigenvalue weighted by molar-refractivity contribution is 0.484. The van der Waals surface area contributed by atoms with Gasteiger partial charge in [0.2, 0.25) is 0 Å². The number of aromatic nitrogens is 3. The molecule has 0 fully saturated rings. The van der Waals surface area contributed by atoms with Crippen molar-refractivity contribution in [1.82, 2.24) is 14.4 Å². The highest BCUT2D eigenvalue weighted by Crippen LogP contribution is 2.14. The SMILES string of the molecule is CC(C)n1n(C)n1C(C)C. The van der Waals surface area contributed by atoms with Gasteiger partial charge in [0.05, 0.1) is 12.1 Å². The molecule has 3 nitrogen and oxygen atoms in total. The molecule has 0 aliphatic rings. The molecule has 3 heteroatoms. The summed E-state index contributed by atoms with van der Waals surface area (Å²) in [5.41, 5.74) is 0. The van der Waals surface area contributed by atoms with Crippen LogP contribution < -0.4 is 0 Å². The van der Waals surface area contributed by atoms with Gasteiger partial charge < -0.3 is 0 Å². The van der Waals surface area contributed by atoms with E-state index >= 15 is 0 Å². The second kappa shape index (κ2) is 2.22. The van der Waals surface area contributed by atoms with Crippen LogP contribution in [0.1, 0.15) is 39.8 Å². The van der Waals surface area contributed by atoms with Gasteiger partial charge in [-0.2, -0.15) is 14.4 Å². The van der Waals surface area contributed by atoms with E-state index in [9.17, 15) is 0 Å². The molecule has 0 aliphatic heterocycles. The molecule has 0 saturated heterocycles. The van der Waals surface area contributed by atoms with E-state index in [2.05, 4.69) is 49.1 Å². The van der Waals surface area contributed by atoms with Crippen molar-refractivity contribution >= 4 is 0 Å². The summed E-state index contributed by atoms with van der Waals surface area (Å²) in [6.45, 7) is 8.77. The summed E-state index contributed by atoms with van der Waals surface area (Å²) >= 11 is 0. The molecule has 0 spiro atoms. The summed E-state index contributed by atoms with van der Waals surface area (Å²) in [5.74, 6) is 0. The van der Waals surface area contributed by atoms with E-state index in [0.29, 0.717) is 12.1 Å². The Morgan fingerprint density at radius 2 is 1.10 bits per heavy atom. The minimum absolute atomic E-state index is 0.590. The largest absolute Gasteiger partial charge is 0.197 e.